The van der Waals surface area contributed by atoms with Crippen molar-refractivity contribution in [2.24, 2.45) is 0 Å². The summed E-state index contributed by atoms with van der Waals surface area (Å²) in [5.74, 6) is -0.839. The number of amides is 1. The van der Waals surface area contributed by atoms with Crippen LogP contribution in [0.1, 0.15) is 11.1 Å². The number of nitrogens with zero attached hydrogens (tertiary/aromatic N) is 2. The van der Waals surface area contributed by atoms with Crippen molar-refractivity contribution in [2.45, 2.75) is 6.54 Å². The number of pyridine rings is 1. The van der Waals surface area contributed by atoms with E-state index >= 15 is 0 Å². The molecule has 0 aliphatic heterocycles. The molecular weight excluding hydrogens is 379 g/mol. The van der Waals surface area contributed by atoms with Crippen LogP contribution in [0.15, 0.2) is 78.6 Å². The van der Waals surface area contributed by atoms with Crippen molar-refractivity contribution in [3.8, 4) is 17.2 Å². The van der Waals surface area contributed by atoms with Gasteiger partial charge in [0.15, 0.2) is 0 Å². The number of H-pyrrole nitrogens is 1. The van der Waals surface area contributed by atoms with Gasteiger partial charge in [-0.3, -0.25) is 4.79 Å². The molecule has 2 heterocycles. The van der Waals surface area contributed by atoms with Crippen LogP contribution in [0.3, 0.4) is 0 Å². The number of halogens is 1. The molecule has 5 nitrogen and oxygen atoms in total. The summed E-state index contributed by atoms with van der Waals surface area (Å²) in [6.45, 7) is 0.200. The Balaban J connectivity index is 1.59. The summed E-state index contributed by atoms with van der Waals surface area (Å²) in [5, 5.41) is 13.0. The van der Waals surface area contributed by atoms with Crippen molar-refractivity contribution < 1.29 is 9.18 Å². The number of aromatic amines is 1. The van der Waals surface area contributed by atoms with Gasteiger partial charge in [0.2, 0.25) is 0 Å². The molecule has 2 N–H and O–H groups in total. The van der Waals surface area contributed by atoms with Crippen LogP contribution in [0.4, 0.5) is 4.39 Å². The van der Waals surface area contributed by atoms with Crippen molar-refractivity contribution >= 4 is 23.0 Å². The third-order valence-corrected chi connectivity index (χ3v) is 4.70. The van der Waals surface area contributed by atoms with E-state index in [1.165, 1.54) is 18.2 Å². The van der Waals surface area contributed by atoms with Crippen LogP contribution in [0.25, 0.3) is 28.2 Å². The minimum Gasteiger partial charge on any atom is -0.347 e. The maximum absolute atomic E-state index is 13.0. The molecule has 1 amide bonds. The van der Waals surface area contributed by atoms with E-state index in [-0.39, 0.29) is 17.9 Å². The fourth-order valence-electron chi connectivity index (χ4n) is 3.12. The average Bonchev–Trinajstić information content (AvgIpc) is 3.19. The molecule has 0 aliphatic carbocycles. The van der Waals surface area contributed by atoms with E-state index in [2.05, 4.69) is 15.3 Å². The minimum atomic E-state index is -0.497. The van der Waals surface area contributed by atoms with Crippen molar-refractivity contribution in [1.29, 1.82) is 5.26 Å². The first-order chi connectivity index (χ1) is 14.6. The highest BCUT2D eigenvalue weighted by molar-refractivity contribution is 6.03. The van der Waals surface area contributed by atoms with E-state index in [1.807, 2.05) is 42.5 Å². The van der Waals surface area contributed by atoms with Gasteiger partial charge in [-0.25, -0.2) is 9.37 Å². The Morgan fingerprint density at radius 2 is 1.90 bits per heavy atom. The molecule has 0 unspecified atom stereocenters. The molecule has 0 saturated carbocycles. The molecule has 4 rings (SSSR count). The van der Waals surface area contributed by atoms with Crippen LogP contribution in [0.2, 0.25) is 0 Å². The van der Waals surface area contributed by atoms with Gasteiger partial charge in [-0.1, -0.05) is 42.5 Å². The molecule has 2 aromatic carbocycles. The van der Waals surface area contributed by atoms with E-state index in [9.17, 15) is 14.4 Å². The molecule has 0 spiro atoms. The maximum atomic E-state index is 13.0. The zero-order valence-corrected chi connectivity index (χ0v) is 15.9. The van der Waals surface area contributed by atoms with E-state index in [1.54, 1.807) is 24.5 Å². The van der Waals surface area contributed by atoms with Gasteiger partial charge in [0.25, 0.3) is 5.91 Å². The molecule has 146 valence electrons. The van der Waals surface area contributed by atoms with Gasteiger partial charge in [-0.15, -0.1) is 0 Å². The van der Waals surface area contributed by atoms with E-state index in [0.29, 0.717) is 11.2 Å². The van der Waals surface area contributed by atoms with Gasteiger partial charge in [0.05, 0.1) is 0 Å². The van der Waals surface area contributed by atoms with Gasteiger partial charge < -0.3 is 10.3 Å². The topological polar surface area (TPSA) is 81.6 Å². The van der Waals surface area contributed by atoms with Gasteiger partial charge in [0.1, 0.15) is 23.1 Å². The second-order valence-electron chi connectivity index (χ2n) is 6.71. The summed E-state index contributed by atoms with van der Waals surface area (Å²) in [4.78, 5) is 20.0. The van der Waals surface area contributed by atoms with Crippen LogP contribution >= 0.6 is 0 Å². The Morgan fingerprint density at radius 1 is 1.13 bits per heavy atom. The molecule has 0 radical (unpaired) electrons. The standard InChI is InChI=1S/C24H17FN4O/c25-21-8-6-16(7-9-21)13-29-24(30)18(12-26)10-20-15-28-23-22(20)11-19(14-27-23)17-4-2-1-3-5-17/h1-11,14-15H,13H2,(H,27,28)(H,29,30)/b18-10+. The molecule has 0 atom stereocenters. The Kier molecular flexibility index (Phi) is 5.35. The third kappa shape index (κ3) is 4.10. The highest BCUT2D eigenvalue weighted by Gasteiger charge is 2.12. The molecule has 30 heavy (non-hydrogen) atoms. The first-order valence-corrected chi connectivity index (χ1v) is 9.31. The first kappa shape index (κ1) is 19.1. The summed E-state index contributed by atoms with van der Waals surface area (Å²) in [6, 6.07) is 19.6. The smallest absolute Gasteiger partial charge is 0.262 e. The lowest BCUT2D eigenvalue weighted by molar-refractivity contribution is -0.117. The maximum Gasteiger partial charge on any atom is 0.262 e. The summed E-state index contributed by atoms with van der Waals surface area (Å²) < 4.78 is 13.0. The number of hydrogen-bond acceptors (Lipinski definition) is 3. The van der Waals surface area contributed by atoms with Crippen molar-refractivity contribution in [3.05, 3.63) is 95.6 Å². The fourth-order valence-corrected chi connectivity index (χ4v) is 3.12. The molecule has 0 fully saturated rings. The highest BCUT2D eigenvalue weighted by atomic mass is 19.1. The van der Waals surface area contributed by atoms with Crippen molar-refractivity contribution in [3.63, 3.8) is 0 Å². The van der Waals surface area contributed by atoms with Crippen LogP contribution in [-0.4, -0.2) is 15.9 Å². The Labute approximate surface area is 172 Å². The number of fused-ring (bicyclic) bond motifs is 1. The number of carbonyl (C=O) groups is 1. The normalized spacial score (nSPS) is 11.3. The van der Waals surface area contributed by atoms with Crippen molar-refractivity contribution in [1.82, 2.24) is 15.3 Å². The number of benzene rings is 2. The number of nitriles is 1. The Bertz CT molecular complexity index is 1270. The van der Waals surface area contributed by atoms with Gasteiger partial charge in [0, 0.05) is 35.5 Å². The second kappa shape index (κ2) is 8.41. The average molecular weight is 396 g/mol. The van der Waals surface area contributed by atoms with E-state index < -0.39 is 5.91 Å². The van der Waals surface area contributed by atoms with Gasteiger partial charge >= 0.3 is 0 Å². The number of aromatic nitrogens is 2. The Hall–Kier alpha value is -4.24. The second-order valence-corrected chi connectivity index (χ2v) is 6.71. The van der Waals surface area contributed by atoms with Gasteiger partial charge in [-0.2, -0.15) is 5.26 Å². The largest absolute Gasteiger partial charge is 0.347 e. The van der Waals surface area contributed by atoms with Crippen molar-refractivity contribution in [2.75, 3.05) is 0 Å². The summed E-state index contributed by atoms with van der Waals surface area (Å²) >= 11 is 0. The number of hydrogen-bond donors (Lipinski definition) is 2. The molecule has 2 aromatic heterocycles. The molecule has 6 heteroatoms. The summed E-state index contributed by atoms with van der Waals surface area (Å²) in [7, 11) is 0. The monoisotopic (exact) mass is 396 g/mol. The highest BCUT2D eigenvalue weighted by Crippen LogP contribution is 2.25. The zero-order valence-electron chi connectivity index (χ0n) is 15.9. The predicted molar refractivity (Wildman–Crippen MR) is 113 cm³/mol. The SMILES string of the molecule is N#C/C(=C\c1c[nH]c2ncc(-c3ccccc3)cc12)C(=O)NCc1ccc(F)cc1. The number of nitrogens with one attached hydrogen (secondary N) is 2. The lowest BCUT2D eigenvalue weighted by atomic mass is 10.0. The van der Waals surface area contributed by atoms with E-state index in [0.717, 1.165) is 22.1 Å². The lowest BCUT2D eigenvalue weighted by Crippen LogP contribution is -2.23. The summed E-state index contributed by atoms with van der Waals surface area (Å²) in [6.07, 6.45) is 5.04. The van der Waals surface area contributed by atoms with Crippen LogP contribution < -0.4 is 5.32 Å². The van der Waals surface area contributed by atoms with Crippen LogP contribution in [0.5, 0.6) is 0 Å². The molecule has 0 aliphatic rings. The van der Waals surface area contributed by atoms with Gasteiger partial charge in [-0.05, 0) is 35.4 Å². The summed E-state index contributed by atoms with van der Waals surface area (Å²) in [5.41, 5.74) is 4.06. The minimum absolute atomic E-state index is 0.0249. The van der Waals surface area contributed by atoms with E-state index in [4.69, 9.17) is 0 Å². The fraction of sp³-hybridized carbons (Fsp3) is 0.0417. The van der Waals surface area contributed by atoms with Crippen LogP contribution in [0, 0.1) is 17.1 Å². The number of carbonyl (C=O) groups excluding carboxylic acids is 1. The zero-order chi connectivity index (χ0) is 20.9. The third-order valence-electron chi connectivity index (χ3n) is 4.70. The molecule has 0 bridgehead atoms. The molecule has 0 saturated heterocycles. The first-order valence-electron chi connectivity index (χ1n) is 9.31. The Morgan fingerprint density at radius 3 is 2.63 bits per heavy atom. The quantitative estimate of drug-likeness (QED) is 0.382. The molecule has 4 aromatic rings. The lowest BCUT2D eigenvalue weighted by Gasteiger charge is -2.05. The molecular formula is C24H17FN4O. The number of rotatable bonds is 5. The predicted octanol–water partition coefficient (Wildman–Crippen LogP) is 4.59. The van der Waals surface area contributed by atoms with Crippen LogP contribution in [-0.2, 0) is 11.3 Å².